The number of aliphatic hydroxyl groups is 2. The van der Waals surface area contributed by atoms with Gasteiger partial charge in [0, 0.05) is 42.9 Å². The maximum atomic E-state index is 15.2. The first-order valence-electron chi connectivity index (χ1n) is 13.8. The van der Waals surface area contributed by atoms with Gasteiger partial charge in [-0.3, -0.25) is 14.5 Å². The number of amides is 2. The van der Waals surface area contributed by atoms with E-state index in [0.29, 0.717) is 10.4 Å². The zero-order valence-corrected chi connectivity index (χ0v) is 26.8. The summed E-state index contributed by atoms with van der Waals surface area (Å²) >= 11 is 6.42. The highest BCUT2D eigenvalue weighted by molar-refractivity contribution is 7.93. The third kappa shape index (κ3) is 5.53. The van der Waals surface area contributed by atoms with E-state index in [-0.39, 0.29) is 33.3 Å². The quantitative estimate of drug-likeness (QED) is 0.360. The molecule has 2 N–H and O–H groups in total. The minimum atomic E-state index is -5.33. The molecule has 3 aromatic rings. The van der Waals surface area contributed by atoms with Gasteiger partial charge >= 0.3 is 6.36 Å². The van der Waals surface area contributed by atoms with Crippen LogP contribution in [0.2, 0.25) is 5.02 Å². The number of methoxy groups -OCH3 is 2. The SMILES string of the molecule is COc1ccc(S(=O)(=O)N2C(=O)C(c3ccccc3OC)(N3CC(O)C(O)C3C(=O)N(C)C)c3cc(Cl)ccc32)c(OC(F)(F)F)c1. The second kappa shape index (κ2) is 12.2. The Balaban J connectivity index is 1.87. The maximum absolute atomic E-state index is 15.2. The second-order valence-electron chi connectivity index (χ2n) is 10.9. The van der Waals surface area contributed by atoms with Crippen LogP contribution in [0.25, 0.3) is 0 Å². The monoisotopic (exact) mass is 699 g/mol. The van der Waals surface area contributed by atoms with Gasteiger partial charge in [-0.25, -0.2) is 12.7 Å². The molecule has 0 bridgehead atoms. The Morgan fingerprint density at radius 1 is 1.00 bits per heavy atom. The zero-order chi connectivity index (χ0) is 34.6. The van der Waals surface area contributed by atoms with Crippen LogP contribution < -0.4 is 18.5 Å². The number of nitrogens with zero attached hydrogens (tertiary/aromatic N) is 3. The Kier molecular flexibility index (Phi) is 8.87. The summed E-state index contributed by atoms with van der Waals surface area (Å²) in [5.74, 6) is -3.33. The summed E-state index contributed by atoms with van der Waals surface area (Å²) < 4.78 is 84.5. The number of carbonyl (C=O) groups is 2. The second-order valence-corrected chi connectivity index (χ2v) is 13.1. The summed E-state index contributed by atoms with van der Waals surface area (Å²) in [5, 5.41) is 22.0. The van der Waals surface area contributed by atoms with Crippen LogP contribution >= 0.6 is 11.6 Å². The first-order valence-corrected chi connectivity index (χ1v) is 15.6. The molecule has 12 nitrogen and oxygen atoms in total. The fourth-order valence-corrected chi connectivity index (χ4v) is 7.79. The molecule has 4 atom stereocenters. The van der Waals surface area contributed by atoms with E-state index < -0.39 is 69.2 Å². The lowest BCUT2D eigenvalue weighted by atomic mass is 9.80. The number of likely N-dealkylation sites (tertiary alicyclic amines) is 1. The van der Waals surface area contributed by atoms with Crippen molar-refractivity contribution in [2.24, 2.45) is 0 Å². The predicted octanol–water partition coefficient (Wildman–Crippen LogP) is 2.73. The number of benzene rings is 3. The van der Waals surface area contributed by atoms with E-state index in [9.17, 15) is 36.6 Å². The van der Waals surface area contributed by atoms with Crippen molar-refractivity contribution in [3.63, 3.8) is 0 Å². The number of anilines is 1. The number of hydrogen-bond acceptors (Lipinski definition) is 10. The number of fused-ring (bicyclic) bond motifs is 1. The number of β-amino-alcohol motifs (C(OH)–C–C–N with tert-alkyl or cyclic N) is 1. The summed E-state index contributed by atoms with van der Waals surface area (Å²) in [7, 11) is -0.0712. The maximum Gasteiger partial charge on any atom is 0.573 e. The van der Waals surface area contributed by atoms with Gasteiger partial charge in [0.05, 0.1) is 26.0 Å². The molecule has 0 spiro atoms. The molecular weight excluding hydrogens is 671 g/mol. The number of hydrogen-bond donors (Lipinski definition) is 2. The van der Waals surface area contributed by atoms with Gasteiger partial charge in [0.2, 0.25) is 5.91 Å². The molecule has 17 heteroatoms. The number of carbonyl (C=O) groups excluding carboxylic acids is 2. The van der Waals surface area contributed by atoms with Crippen molar-refractivity contribution in [3.8, 4) is 17.2 Å². The van der Waals surface area contributed by atoms with Crippen molar-refractivity contribution in [1.82, 2.24) is 9.80 Å². The smallest absolute Gasteiger partial charge is 0.497 e. The highest BCUT2D eigenvalue weighted by atomic mass is 35.5. The van der Waals surface area contributed by atoms with Crippen LogP contribution in [0.3, 0.4) is 0 Å². The number of alkyl halides is 3. The molecule has 4 unspecified atom stereocenters. The average molecular weight is 700 g/mol. The molecule has 2 amide bonds. The lowest BCUT2D eigenvalue weighted by Crippen LogP contribution is -2.60. The van der Waals surface area contributed by atoms with Crippen molar-refractivity contribution >= 4 is 39.1 Å². The van der Waals surface area contributed by atoms with Crippen LogP contribution in [0.1, 0.15) is 11.1 Å². The summed E-state index contributed by atoms with van der Waals surface area (Å²) in [4.78, 5) is 30.0. The van der Waals surface area contributed by atoms with E-state index in [1.165, 1.54) is 57.6 Å². The summed E-state index contributed by atoms with van der Waals surface area (Å²) in [5.41, 5.74) is -2.81. The molecule has 252 valence electrons. The molecule has 0 aliphatic carbocycles. The number of sulfonamides is 1. The number of rotatable bonds is 8. The number of ether oxygens (including phenoxy) is 3. The van der Waals surface area contributed by atoms with Crippen LogP contribution in [0.5, 0.6) is 17.2 Å². The molecule has 2 heterocycles. The first-order chi connectivity index (χ1) is 22.0. The third-order valence-electron chi connectivity index (χ3n) is 8.01. The van der Waals surface area contributed by atoms with E-state index in [2.05, 4.69) is 4.74 Å². The molecule has 2 aliphatic heterocycles. The third-order valence-corrected chi connectivity index (χ3v) is 9.99. The lowest BCUT2D eigenvalue weighted by molar-refractivity contribution is -0.275. The normalized spacial score (nSPS) is 23.1. The Bertz CT molecular complexity index is 1840. The average Bonchev–Trinajstić information content (AvgIpc) is 3.45. The molecule has 2 aliphatic rings. The Hall–Kier alpha value is -4.09. The van der Waals surface area contributed by atoms with Crippen LogP contribution in [-0.4, -0.2) is 99.7 Å². The van der Waals surface area contributed by atoms with Crippen LogP contribution in [0.4, 0.5) is 18.9 Å². The van der Waals surface area contributed by atoms with Gasteiger partial charge in [-0.15, -0.1) is 13.2 Å². The largest absolute Gasteiger partial charge is 0.573 e. The minimum Gasteiger partial charge on any atom is -0.497 e. The molecule has 47 heavy (non-hydrogen) atoms. The Morgan fingerprint density at radius 2 is 1.68 bits per heavy atom. The predicted molar refractivity (Wildman–Crippen MR) is 161 cm³/mol. The number of likely N-dealkylation sites (N-methyl/N-ethyl adjacent to an activating group) is 1. The molecule has 1 saturated heterocycles. The zero-order valence-electron chi connectivity index (χ0n) is 25.2. The number of para-hydroxylation sites is 1. The van der Waals surface area contributed by atoms with Gasteiger partial charge in [0.15, 0.2) is 11.3 Å². The summed E-state index contributed by atoms with van der Waals surface area (Å²) in [6, 6.07) is 10.7. The molecule has 3 aromatic carbocycles. The van der Waals surface area contributed by atoms with Crippen molar-refractivity contribution in [1.29, 1.82) is 0 Å². The highest BCUT2D eigenvalue weighted by Crippen LogP contribution is 2.55. The van der Waals surface area contributed by atoms with Gasteiger partial charge in [-0.2, -0.15) is 0 Å². The first kappa shape index (κ1) is 34.3. The molecule has 1 fully saturated rings. The molecule has 0 aromatic heterocycles. The number of halogens is 4. The minimum absolute atomic E-state index is 0.00642. The molecule has 0 saturated carbocycles. The standard InChI is InChI=1S/C30H29ClF3N3O9S/c1-35(2)27(40)25-26(39)21(38)15-36(25)29(18-7-5-6-8-22(18)45-4)19-13-16(31)9-11-20(19)37(28(29)41)47(42,43)24-12-10-17(44-3)14-23(24)46-30(32,33)34/h5-14,21,25-26,38-39H,15H2,1-4H3. The highest BCUT2D eigenvalue weighted by Gasteiger charge is 2.65. The summed E-state index contributed by atoms with van der Waals surface area (Å²) in [6.45, 7) is -0.528. The molecular formula is C30H29ClF3N3O9S. The van der Waals surface area contributed by atoms with Crippen LogP contribution in [-0.2, 0) is 25.2 Å². The Labute approximate surface area is 272 Å². The van der Waals surface area contributed by atoms with E-state index in [0.717, 1.165) is 29.0 Å². The fourth-order valence-electron chi connectivity index (χ4n) is 6.06. The molecule has 0 radical (unpaired) electrons. The van der Waals surface area contributed by atoms with Crippen molar-refractivity contribution < 1.29 is 55.6 Å². The fraction of sp³-hybridized carbons (Fsp3) is 0.333. The number of aliphatic hydroxyl groups excluding tert-OH is 2. The van der Waals surface area contributed by atoms with Gasteiger partial charge in [-0.1, -0.05) is 29.8 Å². The lowest BCUT2D eigenvalue weighted by Gasteiger charge is -2.42. The van der Waals surface area contributed by atoms with Crippen molar-refractivity contribution in [2.45, 2.75) is 35.0 Å². The molecule has 5 rings (SSSR count). The van der Waals surface area contributed by atoms with Crippen molar-refractivity contribution in [3.05, 3.63) is 76.8 Å². The van der Waals surface area contributed by atoms with Crippen molar-refractivity contribution in [2.75, 3.05) is 39.2 Å². The van der Waals surface area contributed by atoms with Gasteiger partial charge in [0.25, 0.3) is 15.9 Å². The topological polar surface area (TPSA) is 146 Å². The van der Waals surface area contributed by atoms with Gasteiger partial charge in [0.1, 0.15) is 28.5 Å². The van der Waals surface area contributed by atoms with Crippen LogP contribution in [0, 0.1) is 0 Å². The van der Waals surface area contributed by atoms with E-state index >= 15 is 4.79 Å². The van der Waals surface area contributed by atoms with E-state index in [1.54, 1.807) is 6.07 Å². The van der Waals surface area contributed by atoms with Gasteiger partial charge < -0.3 is 29.3 Å². The van der Waals surface area contributed by atoms with Gasteiger partial charge in [-0.05, 0) is 36.4 Å². The Morgan fingerprint density at radius 3 is 2.30 bits per heavy atom. The van der Waals surface area contributed by atoms with E-state index in [1.807, 2.05) is 0 Å². The summed E-state index contributed by atoms with van der Waals surface area (Å²) in [6.07, 6.45) is -8.67. The van der Waals surface area contributed by atoms with Crippen LogP contribution in [0.15, 0.2) is 65.6 Å². The van der Waals surface area contributed by atoms with E-state index in [4.69, 9.17) is 21.1 Å².